The van der Waals surface area contributed by atoms with E-state index >= 15 is 0 Å². The molecule has 0 spiro atoms. The van der Waals surface area contributed by atoms with Gasteiger partial charge in [0.15, 0.2) is 0 Å². The molecule has 21 heavy (non-hydrogen) atoms. The number of rotatable bonds is 3. The molecule has 4 rings (SSSR count). The Labute approximate surface area is 124 Å². The predicted octanol–water partition coefficient (Wildman–Crippen LogP) is 1.78. The Balaban J connectivity index is 1.80. The van der Waals surface area contributed by atoms with Gasteiger partial charge in [-0.25, -0.2) is 13.1 Å². The van der Waals surface area contributed by atoms with E-state index in [0.717, 1.165) is 43.2 Å². The van der Waals surface area contributed by atoms with Crippen molar-refractivity contribution in [3.8, 4) is 11.5 Å². The van der Waals surface area contributed by atoms with Crippen LogP contribution in [0.15, 0.2) is 11.0 Å². The maximum absolute atomic E-state index is 12.9. The molecule has 1 fully saturated rings. The molecule has 0 radical (unpaired) electrons. The van der Waals surface area contributed by atoms with Crippen LogP contribution in [0.5, 0.6) is 11.5 Å². The molecule has 2 heterocycles. The second kappa shape index (κ2) is 4.88. The van der Waals surface area contributed by atoms with E-state index in [-0.39, 0.29) is 6.04 Å². The molecule has 0 aromatic heterocycles. The zero-order chi connectivity index (χ0) is 14.4. The summed E-state index contributed by atoms with van der Waals surface area (Å²) in [6.45, 7) is 1.09. The fraction of sp³-hybridized carbons (Fsp3) is 0.600. The minimum Gasteiger partial charge on any atom is -0.493 e. The van der Waals surface area contributed by atoms with Crippen LogP contribution in [0.1, 0.15) is 36.8 Å². The summed E-state index contributed by atoms with van der Waals surface area (Å²) in [5.74, 6) is 1.26. The van der Waals surface area contributed by atoms with E-state index in [1.807, 2.05) is 6.07 Å². The number of fused-ring (bicyclic) bond motifs is 2. The third-order valence-electron chi connectivity index (χ3n) is 4.55. The van der Waals surface area contributed by atoms with Crippen molar-refractivity contribution in [1.82, 2.24) is 4.72 Å². The van der Waals surface area contributed by atoms with Gasteiger partial charge in [-0.3, -0.25) is 0 Å². The van der Waals surface area contributed by atoms with Crippen molar-refractivity contribution in [2.75, 3.05) is 13.2 Å². The molecule has 6 heteroatoms. The average Bonchev–Trinajstić information content (AvgIpc) is 3.14. The molecule has 5 nitrogen and oxygen atoms in total. The van der Waals surface area contributed by atoms with Crippen molar-refractivity contribution in [2.24, 2.45) is 0 Å². The van der Waals surface area contributed by atoms with Crippen LogP contribution in [0.2, 0.25) is 0 Å². The summed E-state index contributed by atoms with van der Waals surface area (Å²) in [5, 5.41) is 0. The number of ether oxygens (including phenoxy) is 2. The van der Waals surface area contributed by atoms with Gasteiger partial charge in [0.05, 0.1) is 13.2 Å². The molecular formula is C15H19NO4S. The van der Waals surface area contributed by atoms with Crippen molar-refractivity contribution in [3.05, 3.63) is 17.2 Å². The highest BCUT2D eigenvalue weighted by atomic mass is 32.2. The lowest BCUT2D eigenvalue weighted by molar-refractivity contribution is 0.347. The van der Waals surface area contributed by atoms with E-state index in [9.17, 15) is 8.42 Å². The highest BCUT2D eigenvalue weighted by Gasteiger charge is 2.35. The Bertz CT molecular complexity index is 645. The number of nitrogens with one attached hydrogen (secondary N) is 1. The monoisotopic (exact) mass is 309 g/mol. The van der Waals surface area contributed by atoms with Crippen LogP contribution < -0.4 is 14.2 Å². The largest absolute Gasteiger partial charge is 0.493 e. The summed E-state index contributed by atoms with van der Waals surface area (Å²) in [5.41, 5.74) is 1.73. The molecule has 0 amide bonds. The first kappa shape index (κ1) is 13.4. The van der Waals surface area contributed by atoms with Crippen LogP contribution in [0.3, 0.4) is 0 Å². The summed E-state index contributed by atoms with van der Waals surface area (Å²) >= 11 is 0. The van der Waals surface area contributed by atoms with Gasteiger partial charge in [-0.15, -0.1) is 0 Å². The van der Waals surface area contributed by atoms with Gasteiger partial charge in [-0.05, 0) is 18.9 Å². The molecular weight excluding hydrogens is 290 g/mol. The number of benzene rings is 1. The highest BCUT2D eigenvalue weighted by molar-refractivity contribution is 7.89. The van der Waals surface area contributed by atoms with Crippen molar-refractivity contribution < 1.29 is 17.9 Å². The summed E-state index contributed by atoms with van der Waals surface area (Å²) in [6.07, 6.45) is 5.42. The van der Waals surface area contributed by atoms with Crippen molar-refractivity contribution in [2.45, 2.75) is 49.5 Å². The van der Waals surface area contributed by atoms with Gasteiger partial charge < -0.3 is 9.47 Å². The molecule has 0 unspecified atom stereocenters. The van der Waals surface area contributed by atoms with Gasteiger partial charge in [0.1, 0.15) is 16.4 Å². The smallest absolute Gasteiger partial charge is 0.244 e. The number of sulfonamides is 1. The lowest BCUT2D eigenvalue weighted by Gasteiger charge is -2.17. The highest BCUT2D eigenvalue weighted by Crippen LogP contribution is 2.43. The second-order valence-corrected chi connectivity index (χ2v) is 7.62. The van der Waals surface area contributed by atoms with Gasteiger partial charge >= 0.3 is 0 Å². The number of hydrogen-bond acceptors (Lipinski definition) is 4. The molecule has 0 atom stereocenters. The van der Waals surface area contributed by atoms with Crippen LogP contribution in [0, 0.1) is 0 Å². The molecule has 1 aliphatic carbocycles. The summed E-state index contributed by atoms with van der Waals surface area (Å²) in [6, 6.07) is 2.00. The van der Waals surface area contributed by atoms with E-state index < -0.39 is 10.0 Å². The SMILES string of the molecule is O=S(=O)(NC1CCCC1)c1c2c(cc3c1OCC3)OCC2. The average molecular weight is 309 g/mol. The number of hydrogen-bond donors (Lipinski definition) is 1. The first-order valence-electron chi connectivity index (χ1n) is 7.62. The van der Waals surface area contributed by atoms with Crippen LogP contribution in [-0.4, -0.2) is 27.7 Å². The van der Waals surface area contributed by atoms with Crippen LogP contribution >= 0.6 is 0 Å². The Morgan fingerprint density at radius 3 is 2.67 bits per heavy atom. The molecule has 114 valence electrons. The maximum Gasteiger partial charge on any atom is 0.244 e. The molecule has 0 saturated heterocycles. The lowest BCUT2D eigenvalue weighted by atomic mass is 10.1. The fourth-order valence-electron chi connectivity index (χ4n) is 3.55. The van der Waals surface area contributed by atoms with E-state index in [4.69, 9.17) is 9.47 Å². The van der Waals surface area contributed by atoms with Gasteiger partial charge in [0.25, 0.3) is 0 Å². The van der Waals surface area contributed by atoms with Gasteiger partial charge in [-0.1, -0.05) is 12.8 Å². The van der Waals surface area contributed by atoms with Crippen LogP contribution in [0.25, 0.3) is 0 Å². The Morgan fingerprint density at radius 2 is 1.86 bits per heavy atom. The van der Waals surface area contributed by atoms with E-state index in [1.165, 1.54) is 0 Å². The standard InChI is InChI=1S/C15H19NO4S/c17-21(18,16-11-3-1-2-4-11)15-12-6-8-19-13(12)9-10-5-7-20-14(10)15/h9,11,16H,1-8H2. The van der Waals surface area contributed by atoms with Gasteiger partial charge in [-0.2, -0.15) is 0 Å². The molecule has 1 aromatic rings. The van der Waals surface area contributed by atoms with E-state index in [2.05, 4.69) is 4.72 Å². The van der Waals surface area contributed by atoms with Gasteiger partial charge in [0.2, 0.25) is 10.0 Å². The summed E-state index contributed by atoms with van der Waals surface area (Å²) in [7, 11) is -3.55. The normalized spacial score (nSPS) is 21.0. The maximum atomic E-state index is 12.9. The summed E-state index contributed by atoms with van der Waals surface area (Å²) < 4.78 is 39.8. The van der Waals surface area contributed by atoms with E-state index in [0.29, 0.717) is 36.0 Å². The first-order chi connectivity index (χ1) is 10.1. The quantitative estimate of drug-likeness (QED) is 0.924. The zero-order valence-electron chi connectivity index (χ0n) is 11.9. The fourth-order valence-corrected chi connectivity index (χ4v) is 5.30. The van der Waals surface area contributed by atoms with Gasteiger partial charge in [0, 0.05) is 30.0 Å². The van der Waals surface area contributed by atoms with E-state index in [1.54, 1.807) is 0 Å². The Morgan fingerprint density at radius 1 is 1.10 bits per heavy atom. The van der Waals surface area contributed by atoms with Crippen molar-refractivity contribution in [3.63, 3.8) is 0 Å². The second-order valence-electron chi connectivity index (χ2n) is 5.97. The first-order valence-corrected chi connectivity index (χ1v) is 9.10. The molecule has 1 saturated carbocycles. The molecule has 1 aromatic carbocycles. The Kier molecular flexibility index (Phi) is 3.11. The third kappa shape index (κ3) is 2.21. The summed E-state index contributed by atoms with van der Waals surface area (Å²) in [4.78, 5) is 0.330. The van der Waals surface area contributed by atoms with Crippen molar-refractivity contribution in [1.29, 1.82) is 0 Å². The molecule has 0 bridgehead atoms. The Hall–Kier alpha value is -1.27. The topological polar surface area (TPSA) is 64.6 Å². The predicted molar refractivity (Wildman–Crippen MR) is 77.4 cm³/mol. The zero-order valence-corrected chi connectivity index (χ0v) is 12.7. The minimum absolute atomic E-state index is 0.0604. The molecule has 2 aliphatic heterocycles. The van der Waals surface area contributed by atoms with Crippen LogP contribution in [0.4, 0.5) is 0 Å². The lowest BCUT2D eigenvalue weighted by Crippen LogP contribution is -2.33. The minimum atomic E-state index is -3.55. The molecule has 1 N–H and O–H groups in total. The van der Waals surface area contributed by atoms with Crippen LogP contribution in [-0.2, 0) is 22.9 Å². The molecule has 3 aliphatic rings. The van der Waals surface area contributed by atoms with Crippen molar-refractivity contribution >= 4 is 10.0 Å². The third-order valence-corrected chi connectivity index (χ3v) is 6.16.